The summed E-state index contributed by atoms with van der Waals surface area (Å²) >= 11 is 5.95. The van der Waals surface area contributed by atoms with Crippen LogP contribution in [0.25, 0.3) is 0 Å². The summed E-state index contributed by atoms with van der Waals surface area (Å²) in [5.74, 6) is -0.385. The SMILES string of the molecule is Nc1ccc(C(=O)OC2CCCNC2)c(Cl)c1. The fourth-order valence-corrected chi connectivity index (χ4v) is 2.10. The number of nitrogens with two attached hydrogens (primary N) is 1. The fourth-order valence-electron chi connectivity index (χ4n) is 1.83. The maximum atomic E-state index is 11.9. The van der Waals surface area contributed by atoms with Crippen molar-refractivity contribution in [2.75, 3.05) is 18.8 Å². The number of halogens is 1. The lowest BCUT2D eigenvalue weighted by atomic mass is 10.1. The maximum Gasteiger partial charge on any atom is 0.339 e. The Bertz CT molecular complexity index is 417. The standard InChI is InChI=1S/C12H15ClN2O2/c13-11-6-8(14)3-4-10(11)12(16)17-9-2-1-5-15-7-9/h3-4,6,9,15H,1-2,5,7,14H2. The number of esters is 1. The van der Waals surface area contributed by atoms with Gasteiger partial charge >= 0.3 is 5.97 Å². The Balaban J connectivity index is 2.03. The van der Waals surface area contributed by atoms with E-state index in [2.05, 4.69) is 5.32 Å². The molecule has 1 atom stereocenters. The van der Waals surface area contributed by atoms with Gasteiger partial charge in [0.25, 0.3) is 0 Å². The zero-order chi connectivity index (χ0) is 12.3. The summed E-state index contributed by atoms with van der Waals surface area (Å²) in [6.07, 6.45) is 1.85. The molecule has 1 unspecified atom stereocenters. The zero-order valence-electron chi connectivity index (χ0n) is 9.41. The number of ether oxygens (including phenoxy) is 1. The summed E-state index contributed by atoms with van der Waals surface area (Å²) in [7, 11) is 0. The van der Waals surface area contributed by atoms with Gasteiger partial charge in [-0.3, -0.25) is 0 Å². The topological polar surface area (TPSA) is 64.4 Å². The van der Waals surface area contributed by atoms with E-state index >= 15 is 0 Å². The number of carbonyl (C=O) groups excluding carboxylic acids is 1. The number of anilines is 1. The van der Waals surface area contributed by atoms with Crippen LogP contribution in [-0.2, 0) is 4.74 Å². The molecule has 4 nitrogen and oxygen atoms in total. The van der Waals surface area contributed by atoms with Crippen molar-refractivity contribution in [1.82, 2.24) is 5.32 Å². The lowest BCUT2D eigenvalue weighted by Crippen LogP contribution is -2.36. The van der Waals surface area contributed by atoms with Gasteiger partial charge in [-0.2, -0.15) is 0 Å². The van der Waals surface area contributed by atoms with E-state index in [1.807, 2.05) is 0 Å². The van der Waals surface area contributed by atoms with Crippen LogP contribution in [0, 0.1) is 0 Å². The van der Waals surface area contributed by atoms with Gasteiger partial charge in [-0.1, -0.05) is 11.6 Å². The van der Waals surface area contributed by atoms with E-state index < -0.39 is 0 Å². The second-order valence-electron chi connectivity index (χ2n) is 4.11. The monoisotopic (exact) mass is 254 g/mol. The molecule has 1 fully saturated rings. The van der Waals surface area contributed by atoms with Gasteiger partial charge in [-0.15, -0.1) is 0 Å². The first kappa shape index (κ1) is 12.2. The Labute approximate surface area is 105 Å². The average Bonchev–Trinajstić information content (AvgIpc) is 2.30. The van der Waals surface area contributed by atoms with E-state index in [4.69, 9.17) is 22.1 Å². The third-order valence-electron chi connectivity index (χ3n) is 2.74. The number of hydrogen-bond donors (Lipinski definition) is 2. The lowest BCUT2D eigenvalue weighted by Gasteiger charge is -2.23. The normalized spacial score (nSPS) is 19.9. The van der Waals surface area contributed by atoms with E-state index in [0.717, 1.165) is 19.4 Å². The Morgan fingerprint density at radius 1 is 1.53 bits per heavy atom. The molecule has 17 heavy (non-hydrogen) atoms. The quantitative estimate of drug-likeness (QED) is 0.624. The molecular formula is C12H15ClN2O2. The van der Waals surface area contributed by atoms with Crippen LogP contribution in [-0.4, -0.2) is 25.2 Å². The highest BCUT2D eigenvalue weighted by Gasteiger charge is 2.19. The van der Waals surface area contributed by atoms with E-state index in [0.29, 0.717) is 22.8 Å². The summed E-state index contributed by atoms with van der Waals surface area (Å²) in [6.45, 7) is 1.69. The Morgan fingerprint density at radius 3 is 3.00 bits per heavy atom. The lowest BCUT2D eigenvalue weighted by molar-refractivity contribution is 0.0246. The number of rotatable bonds is 2. The van der Waals surface area contributed by atoms with Crippen LogP contribution >= 0.6 is 11.6 Å². The van der Waals surface area contributed by atoms with E-state index in [1.54, 1.807) is 18.2 Å². The van der Waals surface area contributed by atoms with Crippen molar-refractivity contribution in [3.05, 3.63) is 28.8 Å². The van der Waals surface area contributed by atoms with Crippen LogP contribution in [0.1, 0.15) is 23.2 Å². The summed E-state index contributed by atoms with van der Waals surface area (Å²) < 4.78 is 5.37. The highest BCUT2D eigenvalue weighted by Crippen LogP contribution is 2.21. The average molecular weight is 255 g/mol. The molecule has 0 aliphatic carbocycles. The van der Waals surface area contributed by atoms with Crippen LogP contribution in [0.4, 0.5) is 5.69 Å². The van der Waals surface area contributed by atoms with Gasteiger partial charge in [0.15, 0.2) is 0 Å². The molecule has 1 saturated heterocycles. The Hall–Kier alpha value is -1.26. The van der Waals surface area contributed by atoms with Gasteiger partial charge in [0, 0.05) is 12.2 Å². The highest BCUT2D eigenvalue weighted by molar-refractivity contribution is 6.33. The molecule has 5 heteroatoms. The van der Waals surface area contributed by atoms with Gasteiger partial charge in [0.1, 0.15) is 6.10 Å². The zero-order valence-corrected chi connectivity index (χ0v) is 10.2. The number of hydrogen-bond acceptors (Lipinski definition) is 4. The fraction of sp³-hybridized carbons (Fsp3) is 0.417. The minimum Gasteiger partial charge on any atom is -0.457 e. The molecule has 0 amide bonds. The van der Waals surface area contributed by atoms with Crippen LogP contribution in [0.5, 0.6) is 0 Å². The predicted octanol–water partition coefficient (Wildman–Crippen LogP) is 1.83. The van der Waals surface area contributed by atoms with Gasteiger partial charge in [-0.25, -0.2) is 4.79 Å². The maximum absolute atomic E-state index is 11.9. The highest BCUT2D eigenvalue weighted by atomic mass is 35.5. The second-order valence-corrected chi connectivity index (χ2v) is 4.52. The third-order valence-corrected chi connectivity index (χ3v) is 3.05. The van der Waals surface area contributed by atoms with Crippen LogP contribution in [0.3, 0.4) is 0 Å². The molecule has 1 aliphatic rings. The minimum atomic E-state index is -0.385. The molecule has 1 heterocycles. The molecular weight excluding hydrogens is 240 g/mol. The third kappa shape index (κ3) is 3.11. The van der Waals surface area contributed by atoms with Crippen molar-refractivity contribution in [2.24, 2.45) is 0 Å². The smallest absolute Gasteiger partial charge is 0.339 e. The molecule has 0 aromatic heterocycles. The molecule has 0 saturated carbocycles. The number of piperidine rings is 1. The Morgan fingerprint density at radius 2 is 2.35 bits per heavy atom. The van der Waals surface area contributed by atoms with E-state index in [1.165, 1.54) is 0 Å². The molecule has 1 aliphatic heterocycles. The van der Waals surface area contributed by atoms with Crippen molar-refractivity contribution < 1.29 is 9.53 Å². The molecule has 0 spiro atoms. The number of nitrogen functional groups attached to an aromatic ring is 1. The van der Waals surface area contributed by atoms with Crippen molar-refractivity contribution in [3.63, 3.8) is 0 Å². The molecule has 1 aromatic rings. The van der Waals surface area contributed by atoms with Crippen molar-refractivity contribution in [2.45, 2.75) is 18.9 Å². The molecule has 3 N–H and O–H groups in total. The first-order valence-electron chi connectivity index (χ1n) is 5.63. The van der Waals surface area contributed by atoms with Crippen LogP contribution in [0.15, 0.2) is 18.2 Å². The molecule has 1 aromatic carbocycles. The second kappa shape index (κ2) is 5.38. The number of nitrogens with one attached hydrogen (secondary N) is 1. The first-order valence-corrected chi connectivity index (χ1v) is 6.01. The van der Waals surface area contributed by atoms with E-state index in [-0.39, 0.29) is 12.1 Å². The summed E-state index contributed by atoms with van der Waals surface area (Å²) in [5.41, 5.74) is 6.47. The molecule has 2 rings (SSSR count). The Kier molecular flexibility index (Phi) is 3.86. The molecule has 0 bridgehead atoms. The minimum absolute atomic E-state index is 0.0649. The van der Waals surface area contributed by atoms with Gasteiger partial charge in [0.2, 0.25) is 0 Å². The van der Waals surface area contributed by atoms with Crippen molar-refractivity contribution in [1.29, 1.82) is 0 Å². The summed E-state index contributed by atoms with van der Waals surface area (Å²) in [5, 5.41) is 3.52. The number of benzene rings is 1. The summed E-state index contributed by atoms with van der Waals surface area (Å²) in [4.78, 5) is 11.9. The molecule has 92 valence electrons. The van der Waals surface area contributed by atoms with Crippen LogP contribution in [0.2, 0.25) is 5.02 Å². The van der Waals surface area contributed by atoms with Crippen molar-refractivity contribution >= 4 is 23.3 Å². The van der Waals surface area contributed by atoms with Crippen LogP contribution < -0.4 is 11.1 Å². The van der Waals surface area contributed by atoms with E-state index in [9.17, 15) is 4.79 Å². The predicted molar refractivity (Wildman–Crippen MR) is 67.2 cm³/mol. The first-order chi connectivity index (χ1) is 8.16. The van der Waals surface area contributed by atoms with Gasteiger partial charge in [-0.05, 0) is 37.6 Å². The molecule has 0 radical (unpaired) electrons. The van der Waals surface area contributed by atoms with Crippen molar-refractivity contribution in [3.8, 4) is 0 Å². The number of carbonyl (C=O) groups is 1. The summed E-state index contributed by atoms with van der Waals surface area (Å²) in [6, 6.07) is 4.79. The van der Waals surface area contributed by atoms with Gasteiger partial charge in [0.05, 0.1) is 10.6 Å². The van der Waals surface area contributed by atoms with Gasteiger partial charge < -0.3 is 15.8 Å². The largest absolute Gasteiger partial charge is 0.457 e.